The van der Waals surface area contributed by atoms with E-state index in [0.29, 0.717) is 5.82 Å². The Morgan fingerprint density at radius 2 is 2.09 bits per heavy atom. The number of aromatic nitrogens is 2. The van der Waals surface area contributed by atoms with E-state index in [1.54, 1.807) is 36.1 Å². The Balaban J connectivity index is 1.79. The van der Waals surface area contributed by atoms with Crippen LogP contribution in [0.2, 0.25) is 0 Å². The minimum absolute atomic E-state index is 0.0241. The third-order valence-electron chi connectivity index (χ3n) is 3.26. The largest absolute Gasteiger partial charge is 0.305 e. The minimum atomic E-state index is -3.57. The highest BCUT2D eigenvalue weighted by Gasteiger charge is 2.28. The van der Waals surface area contributed by atoms with Crippen molar-refractivity contribution < 1.29 is 13.2 Å². The van der Waals surface area contributed by atoms with E-state index in [-0.39, 0.29) is 16.5 Å². The van der Waals surface area contributed by atoms with Gasteiger partial charge in [0.15, 0.2) is 5.82 Å². The number of rotatable bonds is 5. The highest BCUT2D eigenvalue weighted by atomic mass is 32.2. The molecule has 1 aromatic heterocycles. The molecule has 1 aliphatic carbocycles. The van der Waals surface area contributed by atoms with Gasteiger partial charge in [-0.1, -0.05) is 6.07 Å². The molecule has 0 radical (unpaired) electrons. The monoisotopic (exact) mass is 320 g/mol. The molecule has 1 aromatic carbocycles. The maximum atomic E-state index is 12.2. The third kappa shape index (κ3) is 3.34. The van der Waals surface area contributed by atoms with E-state index in [9.17, 15) is 13.2 Å². The molecule has 0 saturated heterocycles. The lowest BCUT2D eigenvalue weighted by Crippen LogP contribution is -2.26. The van der Waals surface area contributed by atoms with E-state index in [1.807, 2.05) is 0 Å². The summed E-state index contributed by atoms with van der Waals surface area (Å²) in [5.74, 6) is 0.0130. The summed E-state index contributed by atoms with van der Waals surface area (Å²) >= 11 is 0. The number of benzene rings is 1. The van der Waals surface area contributed by atoms with Crippen molar-refractivity contribution >= 4 is 21.7 Å². The number of hydrogen-bond acceptors (Lipinski definition) is 4. The molecule has 1 amide bonds. The number of nitrogens with zero attached hydrogens (tertiary/aromatic N) is 2. The Labute approximate surface area is 128 Å². The molecule has 1 heterocycles. The van der Waals surface area contributed by atoms with Crippen molar-refractivity contribution in [1.82, 2.24) is 14.5 Å². The molecule has 3 rings (SSSR count). The Bertz CT molecular complexity index is 809. The van der Waals surface area contributed by atoms with Gasteiger partial charge < -0.3 is 5.32 Å². The molecule has 1 fully saturated rings. The molecule has 2 N–H and O–H groups in total. The lowest BCUT2D eigenvalue weighted by molar-refractivity contribution is 0.102. The van der Waals surface area contributed by atoms with Crippen LogP contribution < -0.4 is 10.0 Å². The Morgan fingerprint density at radius 1 is 1.32 bits per heavy atom. The summed E-state index contributed by atoms with van der Waals surface area (Å²) in [7, 11) is -1.83. The van der Waals surface area contributed by atoms with E-state index in [2.05, 4.69) is 15.1 Å². The minimum Gasteiger partial charge on any atom is -0.305 e. The summed E-state index contributed by atoms with van der Waals surface area (Å²) in [6.07, 6.45) is 3.42. The number of carbonyl (C=O) groups excluding carboxylic acids is 1. The van der Waals surface area contributed by atoms with Crippen molar-refractivity contribution in [1.29, 1.82) is 0 Å². The molecule has 8 heteroatoms. The number of hydrogen-bond donors (Lipinski definition) is 2. The quantitative estimate of drug-likeness (QED) is 0.863. The second-order valence-corrected chi connectivity index (χ2v) is 6.97. The smallest absolute Gasteiger partial charge is 0.256 e. The molecular formula is C14H16N4O3S. The van der Waals surface area contributed by atoms with Crippen molar-refractivity contribution in [3.05, 3.63) is 42.1 Å². The van der Waals surface area contributed by atoms with Gasteiger partial charge >= 0.3 is 0 Å². The van der Waals surface area contributed by atoms with Crippen LogP contribution in [-0.4, -0.2) is 30.1 Å². The summed E-state index contributed by atoms with van der Waals surface area (Å²) in [5, 5.41) is 6.67. The molecule has 1 aliphatic rings. The topological polar surface area (TPSA) is 93.1 Å². The van der Waals surface area contributed by atoms with Crippen LogP contribution in [0.5, 0.6) is 0 Å². The summed E-state index contributed by atoms with van der Waals surface area (Å²) in [6, 6.07) is 7.64. The summed E-state index contributed by atoms with van der Waals surface area (Å²) in [4.78, 5) is 12.3. The van der Waals surface area contributed by atoms with E-state index >= 15 is 0 Å². The first-order valence-corrected chi connectivity index (χ1v) is 8.36. The normalized spacial score (nSPS) is 14.8. The van der Waals surface area contributed by atoms with Gasteiger partial charge in [0.1, 0.15) is 0 Å². The zero-order chi connectivity index (χ0) is 15.7. The molecule has 0 spiro atoms. The number of carbonyl (C=O) groups is 1. The zero-order valence-corrected chi connectivity index (χ0v) is 12.8. The van der Waals surface area contributed by atoms with Gasteiger partial charge in [-0.25, -0.2) is 13.1 Å². The Morgan fingerprint density at radius 3 is 2.73 bits per heavy atom. The van der Waals surface area contributed by atoms with Gasteiger partial charge in [-0.05, 0) is 31.0 Å². The average molecular weight is 320 g/mol. The lowest BCUT2D eigenvalue weighted by atomic mass is 10.2. The van der Waals surface area contributed by atoms with Gasteiger partial charge in [-0.3, -0.25) is 9.48 Å². The first-order valence-electron chi connectivity index (χ1n) is 6.87. The molecule has 1 saturated carbocycles. The standard InChI is InChI=1S/C14H16N4O3S/c1-18-8-7-13(16-18)15-14(19)10-3-2-4-12(9-10)22(20,21)17-11-5-6-11/h2-4,7-9,11,17H,5-6H2,1H3,(H,15,16,19). The van der Waals surface area contributed by atoms with Crippen LogP contribution in [0.15, 0.2) is 41.4 Å². The molecule has 0 bridgehead atoms. The van der Waals surface area contributed by atoms with E-state index in [1.165, 1.54) is 12.1 Å². The lowest BCUT2D eigenvalue weighted by Gasteiger charge is -2.07. The Hall–Kier alpha value is -2.19. The van der Waals surface area contributed by atoms with Gasteiger partial charge in [0.2, 0.25) is 10.0 Å². The fourth-order valence-corrected chi connectivity index (χ4v) is 3.31. The number of anilines is 1. The molecular weight excluding hydrogens is 304 g/mol. The third-order valence-corrected chi connectivity index (χ3v) is 4.78. The van der Waals surface area contributed by atoms with Crippen LogP contribution in [0, 0.1) is 0 Å². The fraction of sp³-hybridized carbons (Fsp3) is 0.286. The highest BCUT2D eigenvalue weighted by Crippen LogP contribution is 2.22. The maximum Gasteiger partial charge on any atom is 0.256 e. The van der Waals surface area contributed by atoms with Gasteiger partial charge in [0, 0.05) is 30.9 Å². The second kappa shape index (κ2) is 5.54. The Kier molecular flexibility index (Phi) is 3.71. The van der Waals surface area contributed by atoms with Crippen LogP contribution in [0.3, 0.4) is 0 Å². The van der Waals surface area contributed by atoms with Crippen LogP contribution in [-0.2, 0) is 17.1 Å². The van der Waals surface area contributed by atoms with Gasteiger partial charge in [-0.2, -0.15) is 5.10 Å². The predicted octanol–water partition coefficient (Wildman–Crippen LogP) is 1.11. The average Bonchev–Trinajstić information content (AvgIpc) is 3.19. The van der Waals surface area contributed by atoms with Crippen LogP contribution in [0.25, 0.3) is 0 Å². The van der Waals surface area contributed by atoms with Crippen LogP contribution in [0.1, 0.15) is 23.2 Å². The SMILES string of the molecule is Cn1ccc(NC(=O)c2cccc(S(=O)(=O)NC3CC3)c2)n1. The number of aryl methyl sites for hydroxylation is 1. The molecule has 7 nitrogen and oxygen atoms in total. The fourth-order valence-electron chi connectivity index (χ4n) is 1.96. The molecule has 116 valence electrons. The molecule has 0 atom stereocenters. The van der Waals surface area contributed by atoms with E-state index < -0.39 is 15.9 Å². The number of nitrogens with one attached hydrogen (secondary N) is 2. The van der Waals surface area contributed by atoms with Crippen LogP contribution in [0.4, 0.5) is 5.82 Å². The van der Waals surface area contributed by atoms with Crippen molar-refractivity contribution in [2.75, 3.05) is 5.32 Å². The molecule has 0 unspecified atom stereocenters. The molecule has 0 aliphatic heterocycles. The molecule has 22 heavy (non-hydrogen) atoms. The zero-order valence-electron chi connectivity index (χ0n) is 12.0. The number of amides is 1. The summed E-state index contributed by atoms with van der Waals surface area (Å²) in [5.41, 5.74) is 0.268. The van der Waals surface area contributed by atoms with Gasteiger partial charge in [-0.15, -0.1) is 0 Å². The predicted molar refractivity (Wildman–Crippen MR) is 80.9 cm³/mol. The maximum absolute atomic E-state index is 12.2. The summed E-state index contributed by atoms with van der Waals surface area (Å²) < 4.78 is 28.5. The first-order chi connectivity index (χ1) is 10.4. The van der Waals surface area contributed by atoms with Crippen molar-refractivity contribution in [3.63, 3.8) is 0 Å². The first kappa shape index (κ1) is 14.7. The second-order valence-electron chi connectivity index (χ2n) is 5.25. The van der Waals surface area contributed by atoms with Gasteiger partial charge in [0.05, 0.1) is 4.90 Å². The molecule has 2 aromatic rings. The van der Waals surface area contributed by atoms with Crippen molar-refractivity contribution in [3.8, 4) is 0 Å². The van der Waals surface area contributed by atoms with Gasteiger partial charge in [0.25, 0.3) is 5.91 Å². The number of sulfonamides is 1. The van der Waals surface area contributed by atoms with E-state index in [0.717, 1.165) is 12.8 Å². The summed E-state index contributed by atoms with van der Waals surface area (Å²) in [6.45, 7) is 0. The van der Waals surface area contributed by atoms with Crippen molar-refractivity contribution in [2.45, 2.75) is 23.8 Å². The highest BCUT2D eigenvalue weighted by molar-refractivity contribution is 7.89. The van der Waals surface area contributed by atoms with Crippen LogP contribution >= 0.6 is 0 Å². The van der Waals surface area contributed by atoms with Crippen molar-refractivity contribution in [2.24, 2.45) is 7.05 Å². The van der Waals surface area contributed by atoms with E-state index in [4.69, 9.17) is 0 Å².